The van der Waals surface area contributed by atoms with Crippen molar-refractivity contribution in [1.29, 1.82) is 0 Å². The van der Waals surface area contributed by atoms with Crippen LogP contribution in [0.3, 0.4) is 0 Å². The Balaban J connectivity index is 2.10. The van der Waals surface area contributed by atoms with Crippen LogP contribution in [0.1, 0.15) is 18.4 Å². The van der Waals surface area contributed by atoms with Gasteiger partial charge in [0.15, 0.2) is 0 Å². The summed E-state index contributed by atoms with van der Waals surface area (Å²) in [7, 11) is 0. The summed E-state index contributed by atoms with van der Waals surface area (Å²) in [4.78, 5) is 11.9. The predicted octanol–water partition coefficient (Wildman–Crippen LogP) is 3.16. The average molecular weight is 322 g/mol. The molecule has 1 saturated carbocycles. The third kappa shape index (κ3) is 2.85. The second-order valence-corrected chi connectivity index (χ2v) is 5.31. The molecule has 0 heterocycles. The van der Waals surface area contributed by atoms with Crippen molar-refractivity contribution in [2.75, 3.05) is 6.54 Å². The van der Waals surface area contributed by atoms with Gasteiger partial charge in [-0.3, -0.25) is 4.79 Å². The van der Waals surface area contributed by atoms with E-state index in [-0.39, 0.29) is 0 Å². The Morgan fingerprint density at radius 1 is 1.39 bits per heavy atom. The van der Waals surface area contributed by atoms with E-state index < -0.39 is 24.0 Å². The molecule has 2 rings (SSSR count). The standard InChI is InChI=1S/C12H11BrF3NO/c13-9-3-1-2-8(6-9)11(4-5-11)10(18)17-7-12(14,15)16/h1-3,6H,4-5,7H2,(H,17,18). The number of carbonyl (C=O) groups excluding carboxylic acids is 1. The molecular weight excluding hydrogens is 311 g/mol. The molecule has 1 aliphatic carbocycles. The summed E-state index contributed by atoms with van der Waals surface area (Å²) in [6.07, 6.45) is -3.19. The number of benzene rings is 1. The van der Waals surface area contributed by atoms with E-state index in [2.05, 4.69) is 15.9 Å². The van der Waals surface area contributed by atoms with Crippen molar-refractivity contribution in [2.24, 2.45) is 0 Å². The van der Waals surface area contributed by atoms with Gasteiger partial charge in [-0.15, -0.1) is 0 Å². The fourth-order valence-electron chi connectivity index (χ4n) is 1.91. The summed E-state index contributed by atoms with van der Waals surface area (Å²) in [6.45, 7) is -1.28. The molecule has 18 heavy (non-hydrogen) atoms. The quantitative estimate of drug-likeness (QED) is 0.910. The number of hydrogen-bond acceptors (Lipinski definition) is 1. The van der Waals surface area contributed by atoms with Crippen LogP contribution in [-0.4, -0.2) is 18.6 Å². The maximum Gasteiger partial charge on any atom is 0.405 e. The van der Waals surface area contributed by atoms with Crippen LogP contribution in [-0.2, 0) is 10.2 Å². The van der Waals surface area contributed by atoms with Crippen molar-refractivity contribution in [3.63, 3.8) is 0 Å². The first-order chi connectivity index (χ1) is 8.33. The van der Waals surface area contributed by atoms with Gasteiger partial charge in [-0.05, 0) is 30.5 Å². The van der Waals surface area contributed by atoms with Crippen molar-refractivity contribution in [3.05, 3.63) is 34.3 Å². The first-order valence-corrected chi connectivity index (χ1v) is 6.24. The van der Waals surface area contributed by atoms with Crippen molar-refractivity contribution in [1.82, 2.24) is 5.32 Å². The van der Waals surface area contributed by atoms with E-state index in [1.807, 2.05) is 11.4 Å². The number of rotatable bonds is 3. The summed E-state index contributed by atoms with van der Waals surface area (Å²) < 4.78 is 37.0. The van der Waals surface area contributed by atoms with Gasteiger partial charge in [0.05, 0.1) is 5.41 Å². The van der Waals surface area contributed by atoms with Gasteiger partial charge >= 0.3 is 6.18 Å². The lowest BCUT2D eigenvalue weighted by atomic mass is 9.95. The van der Waals surface area contributed by atoms with Gasteiger partial charge < -0.3 is 5.32 Å². The van der Waals surface area contributed by atoms with Crippen molar-refractivity contribution in [3.8, 4) is 0 Å². The Hall–Kier alpha value is -1.04. The molecule has 2 nitrogen and oxygen atoms in total. The lowest BCUT2D eigenvalue weighted by Crippen LogP contribution is -2.40. The van der Waals surface area contributed by atoms with Crippen LogP contribution < -0.4 is 5.32 Å². The number of carbonyl (C=O) groups is 1. The molecule has 0 radical (unpaired) electrons. The van der Waals surface area contributed by atoms with Crippen molar-refractivity contribution in [2.45, 2.75) is 24.4 Å². The van der Waals surface area contributed by atoms with E-state index in [9.17, 15) is 18.0 Å². The van der Waals surface area contributed by atoms with Crippen molar-refractivity contribution >= 4 is 21.8 Å². The Bertz CT molecular complexity index is 469. The molecule has 0 spiro atoms. The highest BCUT2D eigenvalue weighted by Gasteiger charge is 2.51. The summed E-state index contributed by atoms with van der Waals surface area (Å²) in [5.74, 6) is -0.544. The number of halogens is 4. The van der Waals surface area contributed by atoms with E-state index in [0.717, 1.165) is 10.0 Å². The van der Waals surface area contributed by atoms with Gasteiger partial charge in [-0.1, -0.05) is 28.1 Å². The lowest BCUT2D eigenvalue weighted by molar-refractivity contribution is -0.139. The monoisotopic (exact) mass is 321 g/mol. The van der Waals surface area contributed by atoms with Crippen LogP contribution >= 0.6 is 15.9 Å². The first kappa shape index (κ1) is 13.4. The van der Waals surface area contributed by atoms with Gasteiger partial charge in [0.1, 0.15) is 6.54 Å². The largest absolute Gasteiger partial charge is 0.405 e. The van der Waals surface area contributed by atoms with Gasteiger partial charge in [-0.25, -0.2) is 0 Å². The molecule has 1 aromatic carbocycles. The van der Waals surface area contributed by atoms with Gasteiger partial charge in [0.2, 0.25) is 5.91 Å². The van der Waals surface area contributed by atoms with Crippen molar-refractivity contribution < 1.29 is 18.0 Å². The number of amides is 1. The Labute approximate surface area is 111 Å². The van der Waals surface area contributed by atoms with Crippen LogP contribution in [0.25, 0.3) is 0 Å². The minimum atomic E-state index is -4.37. The maximum absolute atomic E-state index is 12.1. The second-order valence-electron chi connectivity index (χ2n) is 4.39. The second kappa shape index (κ2) is 4.57. The molecule has 1 aliphatic rings. The van der Waals surface area contributed by atoms with E-state index in [0.29, 0.717) is 12.8 Å². The van der Waals surface area contributed by atoms with Crippen LogP contribution in [0, 0.1) is 0 Å². The molecule has 0 bridgehead atoms. The highest BCUT2D eigenvalue weighted by atomic mass is 79.9. The van der Waals surface area contributed by atoms with Crippen LogP contribution in [0.2, 0.25) is 0 Å². The maximum atomic E-state index is 12.1. The van der Waals surface area contributed by atoms with Gasteiger partial charge in [0.25, 0.3) is 0 Å². The Morgan fingerprint density at radius 3 is 2.56 bits per heavy atom. The molecule has 1 amide bonds. The predicted molar refractivity (Wildman–Crippen MR) is 64.1 cm³/mol. The fourth-order valence-corrected chi connectivity index (χ4v) is 2.31. The molecule has 98 valence electrons. The zero-order valence-corrected chi connectivity index (χ0v) is 10.9. The zero-order chi connectivity index (χ0) is 13.4. The summed E-state index contributed by atoms with van der Waals surface area (Å²) >= 11 is 3.29. The normalized spacial score (nSPS) is 17.3. The molecule has 0 aliphatic heterocycles. The summed E-state index contributed by atoms with van der Waals surface area (Å²) in [6, 6.07) is 7.13. The first-order valence-electron chi connectivity index (χ1n) is 5.45. The van der Waals surface area contributed by atoms with E-state index >= 15 is 0 Å². The SMILES string of the molecule is O=C(NCC(F)(F)F)C1(c2cccc(Br)c2)CC1. The average Bonchev–Trinajstić information content (AvgIpc) is 3.06. The highest BCUT2D eigenvalue weighted by Crippen LogP contribution is 2.48. The fraction of sp³-hybridized carbons (Fsp3) is 0.417. The van der Waals surface area contributed by atoms with Gasteiger partial charge in [0, 0.05) is 4.47 Å². The molecule has 1 aromatic rings. The molecule has 1 N–H and O–H groups in total. The molecule has 0 unspecified atom stereocenters. The van der Waals surface area contributed by atoms with E-state index in [1.54, 1.807) is 18.2 Å². The lowest BCUT2D eigenvalue weighted by Gasteiger charge is -2.17. The zero-order valence-electron chi connectivity index (χ0n) is 9.35. The molecule has 1 fully saturated rings. The summed E-state index contributed by atoms with van der Waals surface area (Å²) in [5, 5.41) is 1.96. The minimum Gasteiger partial charge on any atom is -0.346 e. The number of nitrogens with one attached hydrogen (secondary N) is 1. The molecule has 0 aromatic heterocycles. The molecule has 0 atom stereocenters. The Kier molecular flexibility index (Phi) is 3.40. The van der Waals surface area contributed by atoms with E-state index in [4.69, 9.17) is 0 Å². The Morgan fingerprint density at radius 2 is 2.06 bits per heavy atom. The minimum absolute atomic E-state index is 0.544. The topological polar surface area (TPSA) is 29.1 Å². The van der Waals surface area contributed by atoms with Crippen LogP contribution in [0.4, 0.5) is 13.2 Å². The molecule has 6 heteroatoms. The van der Waals surface area contributed by atoms with Crippen LogP contribution in [0.15, 0.2) is 28.7 Å². The number of alkyl halides is 3. The summed E-state index contributed by atoms with van der Waals surface area (Å²) in [5.41, 5.74) is -0.00813. The molecular formula is C12H11BrF3NO. The highest BCUT2D eigenvalue weighted by molar-refractivity contribution is 9.10. The smallest absolute Gasteiger partial charge is 0.346 e. The molecule has 0 saturated heterocycles. The number of hydrogen-bond donors (Lipinski definition) is 1. The van der Waals surface area contributed by atoms with Crippen LogP contribution in [0.5, 0.6) is 0 Å². The third-order valence-electron chi connectivity index (χ3n) is 3.01. The van der Waals surface area contributed by atoms with E-state index in [1.165, 1.54) is 0 Å². The van der Waals surface area contributed by atoms with Gasteiger partial charge in [-0.2, -0.15) is 13.2 Å². The third-order valence-corrected chi connectivity index (χ3v) is 3.50.